The van der Waals surface area contributed by atoms with Gasteiger partial charge < -0.3 is 5.11 Å². The molecule has 0 heterocycles. The van der Waals surface area contributed by atoms with E-state index in [2.05, 4.69) is 0 Å². The van der Waals surface area contributed by atoms with Gasteiger partial charge in [-0.1, -0.05) is 17.7 Å². The maximum absolute atomic E-state index is 13.8. The average molecular weight is 267 g/mol. The first-order valence-corrected chi connectivity index (χ1v) is 7.18. The molecule has 0 aromatic heterocycles. The van der Waals surface area contributed by atoms with Crippen molar-refractivity contribution in [1.29, 1.82) is 0 Å². The molecule has 0 amide bonds. The highest BCUT2D eigenvalue weighted by Crippen LogP contribution is 2.72. The van der Waals surface area contributed by atoms with Gasteiger partial charge in [0.1, 0.15) is 5.82 Å². The summed E-state index contributed by atoms with van der Waals surface area (Å²) in [5.74, 6) is 2.72. The summed E-state index contributed by atoms with van der Waals surface area (Å²) >= 11 is 6.04. The van der Waals surface area contributed by atoms with E-state index >= 15 is 0 Å². The molecular formula is C15H16ClFO. The van der Waals surface area contributed by atoms with E-state index in [9.17, 15) is 9.50 Å². The minimum Gasteiger partial charge on any atom is -0.388 e. The van der Waals surface area contributed by atoms with E-state index in [1.165, 1.54) is 25.3 Å². The first kappa shape index (κ1) is 11.2. The fourth-order valence-electron chi connectivity index (χ4n) is 4.80. The largest absolute Gasteiger partial charge is 0.388 e. The van der Waals surface area contributed by atoms with Crippen LogP contribution in [0.5, 0.6) is 0 Å². The lowest BCUT2D eigenvalue weighted by Crippen LogP contribution is -2.10. The van der Waals surface area contributed by atoms with Crippen LogP contribution in [0.25, 0.3) is 0 Å². The van der Waals surface area contributed by atoms with Gasteiger partial charge in [0.25, 0.3) is 0 Å². The van der Waals surface area contributed by atoms with Gasteiger partial charge in [-0.05, 0) is 61.0 Å². The van der Waals surface area contributed by atoms with Crippen molar-refractivity contribution in [3.8, 4) is 0 Å². The highest BCUT2D eigenvalue weighted by molar-refractivity contribution is 6.31. The molecule has 1 N–H and O–H groups in total. The molecule has 3 saturated carbocycles. The van der Waals surface area contributed by atoms with Crippen molar-refractivity contribution in [3.05, 3.63) is 34.6 Å². The molecule has 96 valence electrons. The van der Waals surface area contributed by atoms with Crippen molar-refractivity contribution in [1.82, 2.24) is 0 Å². The Morgan fingerprint density at radius 1 is 1.22 bits per heavy atom. The Balaban J connectivity index is 1.64. The molecule has 1 aromatic rings. The van der Waals surface area contributed by atoms with E-state index in [-0.39, 0.29) is 11.7 Å². The Bertz CT molecular complexity index is 467. The zero-order valence-electron chi connectivity index (χ0n) is 10.0. The third-order valence-corrected chi connectivity index (χ3v) is 5.78. The van der Waals surface area contributed by atoms with Crippen molar-refractivity contribution in [2.75, 3.05) is 0 Å². The summed E-state index contributed by atoms with van der Waals surface area (Å²) in [6.07, 6.45) is 3.24. The lowest BCUT2D eigenvalue weighted by Gasteiger charge is -2.17. The van der Waals surface area contributed by atoms with Gasteiger partial charge >= 0.3 is 0 Å². The summed E-state index contributed by atoms with van der Waals surface area (Å²) in [6.45, 7) is 0. The lowest BCUT2D eigenvalue weighted by atomic mass is 9.94. The van der Waals surface area contributed by atoms with Crippen LogP contribution in [-0.2, 0) is 0 Å². The third kappa shape index (κ3) is 1.36. The summed E-state index contributed by atoms with van der Waals surface area (Å²) < 4.78 is 13.8. The van der Waals surface area contributed by atoms with Gasteiger partial charge in [0, 0.05) is 10.6 Å². The number of aliphatic hydroxyl groups is 1. The van der Waals surface area contributed by atoms with Crippen LogP contribution >= 0.6 is 11.6 Å². The fourth-order valence-corrected chi connectivity index (χ4v) is 5.08. The number of hydrogen-bond donors (Lipinski definition) is 1. The van der Waals surface area contributed by atoms with E-state index in [0.717, 1.165) is 11.8 Å². The maximum atomic E-state index is 13.8. The highest BCUT2D eigenvalue weighted by atomic mass is 35.5. The monoisotopic (exact) mass is 266 g/mol. The lowest BCUT2D eigenvalue weighted by molar-refractivity contribution is 0.126. The molecule has 0 radical (unpaired) electrons. The number of aliphatic hydroxyl groups excluding tert-OH is 1. The summed E-state index contributed by atoms with van der Waals surface area (Å²) in [6, 6.07) is 4.64. The molecule has 0 aliphatic heterocycles. The van der Waals surface area contributed by atoms with Crippen LogP contribution in [0.2, 0.25) is 5.02 Å². The number of halogens is 2. The molecule has 3 aliphatic carbocycles. The SMILES string of the molecule is OC(c1c(F)cccc1Cl)C1C2C3CCC(C3)C21. The smallest absolute Gasteiger partial charge is 0.130 e. The molecular weight excluding hydrogens is 251 g/mol. The van der Waals surface area contributed by atoms with Gasteiger partial charge in [-0.2, -0.15) is 0 Å². The van der Waals surface area contributed by atoms with Crippen LogP contribution in [0.3, 0.4) is 0 Å². The summed E-state index contributed by atoms with van der Waals surface area (Å²) in [5, 5.41) is 10.8. The minimum atomic E-state index is -0.711. The summed E-state index contributed by atoms with van der Waals surface area (Å²) in [7, 11) is 0. The van der Waals surface area contributed by atoms with Gasteiger partial charge in [-0.3, -0.25) is 0 Å². The quantitative estimate of drug-likeness (QED) is 0.863. The molecule has 18 heavy (non-hydrogen) atoms. The van der Waals surface area contributed by atoms with E-state index in [1.807, 2.05) is 0 Å². The van der Waals surface area contributed by atoms with Crippen LogP contribution in [-0.4, -0.2) is 5.11 Å². The second kappa shape index (κ2) is 3.71. The average Bonchev–Trinajstić information content (AvgIpc) is 2.78. The molecule has 0 saturated heterocycles. The molecule has 5 atom stereocenters. The molecule has 1 aromatic carbocycles. The van der Waals surface area contributed by atoms with E-state index in [0.29, 0.717) is 22.4 Å². The van der Waals surface area contributed by atoms with Gasteiger partial charge in [0.15, 0.2) is 0 Å². The molecule has 3 aliphatic rings. The van der Waals surface area contributed by atoms with Crippen molar-refractivity contribution < 1.29 is 9.50 Å². The van der Waals surface area contributed by atoms with E-state index in [1.54, 1.807) is 12.1 Å². The topological polar surface area (TPSA) is 20.2 Å². The van der Waals surface area contributed by atoms with Gasteiger partial charge in [0.05, 0.1) is 6.10 Å². The minimum absolute atomic E-state index is 0.255. The number of rotatable bonds is 2. The molecule has 0 spiro atoms. The fraction of sp³-hybridized carbons (Fsp3) is 0.600. The molecule has 5 unspecified atom stereocenters. The zero-order valence-corrected chi connectivity index (χ0v) is 10.8. The number of benzene rings is 1. The molecule has 1 nitrogen and oxygen atoms in total. The second-order valence-corrected chi connectivity index (χ2v) is 6.55. The van der Waals surface area contributed by atoms with Crippen LogP contribution < -0.4 is 0 Å². The second-order valence-electron chi connectivity index (χ2n) is 6.15. The van der Waals surface area contributed by atoms with Crippen molar-refractivity contribution in [3.63, 3.8) is 0 Å². The molecule has 4 rings (SSSR count). The summed E-state index contributed by atoms with van der Waals surface area (Å²) in [5.41, 5.74) is 0.318. The maximum Gasteiger partial charge on any atom is 0.130 e. The third-order valence-electron chi connectivity index (χ3n) is 5.45. The molecule has 3 fully saturated rings. The predicted octanol–water partition coefficient (Wildman–Crippen LogP) is 3.80. The van der Waals surface area contributed by atoms with Gasteiger partial charge in [-0.15, -0.1) is 0 Å². The zero-order chi connectivity index (χ0) is 12.4. The normalized spacial score (nSPS) is 41.8. The standard InChI is InChI=1S/C15H16ClFO/c16-9-2-1-3-10(17)13(9)15(18)14-11-7-4-5-8(6-7)12(11)14/h1-3,7-8,11-12,14-15,18H,4-6H2. The first-order valence-electron chi connectivity index (χ1n) is 6.80. The Morgan fingerprint density at radius 2 is 1.89 bits per heavy atom. The van der Waals surface area contributed by atoms with Crippen LogP contribution in [0, 0.1) is 35.4 Å². The Morgan fingerprint density at radius 3 is 2.50 bits per heavy atom. The first-order chi connectivity index (χ1) is 8.68. The van der Waals surface area contributed by atoms with Crippen LogP contribution in [0.4, 0.5) is 4.39 Å². The molecule has 3 heteroatoms. The van der Waals surface area contributed by atoms with Crippen LogP contribution in [0.1, 0.15) is 30.9 Å². The van der Waals surface area contributed by atoms with Crippen molar-refractivity contribution in [2.24, 2.45) is 29.6 Å². The number of hydrogen-bond acceptors (Lipinski definition) is 1. The van der Waals surface area contributed by atoms with Gasteiger partial charge in [0.2, 0.25) is 0 Å². The predicted molar refractivity (Wildman–Crippen MR) is 67.7 cm³/mol. The highest BCUT2D eigenvalue weighted by Gasteiger charge is 2.67. The number of fused-ring (bicyclic) bond motifs is 5. The Hall–Kier alpha value is -0.600. The van der Waals surface area contributed by atoms with Gasteiger partial charge in [-0.25, -0.2) is 4.39 Å². The summed E-state index contributed by atoms with van der Waals surface area (Å²) in [4.78, 5) is 0. The van der Waals surface area contributed by atoms with Crippen molar-refractivity contribution in [2.45, 2.75) is 25.4 Å². The van der Waals surface area contributed by atoms with Crippen molar-refractivity contribution >= 4 is 11.6 Å². The molecule has 2 bridgehead atoms. The van der Waals surface area contributed by atoms with E-state index < -0.39 is 6.10 Å². The van der Waals surface area contributed by atoms with E-state index in [4.69, 9.17) is 11.6 Å². The Labute approximate surface area is 111 Å². The Kier molecular flexibility index (Phi) is 2.31. The van der Waals surface area contributed by atoms with Crippen LogP contribution in [0.15, 0.2) is 18.2 Å².